The van der Waals surface area contributed by atoms with Crippen LogP contribution >= 0.6 is 0 Å². The molecule has 0 radical (unpaired) electrons. The Morgan fingerprint density at radius 1 is 1.25 bits per heavy atom. The van der Waals surface area contributed by atoms with E-state index in [0.29, 0.717) is 5.46 Å². The topological polar surface area (TPSA) is 87.0 Å². The summed E-state index contributed by atoms with van der Waals surface area (Å²) in [5, 5.41) is 17.8. The highest BCUT2D eigenvalue weighted by molar-refractivity contribution is 7.61. The lowest BCUT2D eigenvalue weighted by Crippen LogP contribution is -2.32. The van der Waals surface area contributed by atoms with Crippen LogP contribution in [0.15, 0.2) is 22.6 Å². The normalized spacial score (nSPS) is 8.81. The Balaban J connectivity index is 0.000000385. The van der Waals surface area contributed by atoms with Gasteiger partial charge in [0.05, 0.1) is 0 Å². The van der Waals surface area contributed by atoms with Crippen LogP contribution < -0.4 is 5.46 Å². The van der Waals surface area contributed by atoms with Crippen molar-refractivity contribution in [1.82, 2.24) is 0 Å². The molecule has 0 aliphatic heterocycles. The van der Waals surface area contributed by atoms with Gasteiger partial charge in [-0.2, -0.15) is 12.8 Å². The summed E-state index contributed by atoms with van der Waals surface area (Å²) in [5.74, 6) is 0. The van der Waals surface area contributed by atoms with Crippen molar-refractivity contribution in [3.8, 4) is 0 Å². The Bertz CT molecular complexity index is 462. The number of hydrogen-bond acceptors (Lipinski definition) is 5. The van der Waals surface area contributed by atoms with E-state index in [1.54, 1.807) is 6.07 Å². The van der Waals surface area contributed by atoms with Crippen molar-refractivity contribution in [3.05, 3.63) is 29.3 Å². The lowest BCUT2D eigenvalue weighted by molar-refractivity contribution is 0.425. The monoisotopic (exact) mass is 243 g/mol. The molecule has 1 rings (SSSR count). The second kappa shape index (κ2) is 7.16. The fourth-order valence-corrected chi connectivity index (χ4v) is 1.04. The number of aryl methyl sites for hydroxylation is 2. The molecule has 0 heterocycles. The molecule has 0 saturated carbocycles. The summed E-state index contributed by atoms with van der Waals surface area (Å²) in [6.45, 7) is 3.78. The standard InChI is InChI=1S/C8H11BO2.CH3NO2S/c1-6-3-4-7(2)8(5-6)9(10)11;1-2-5(3)4/h3-5,10-11H,1-2H3;1H3. The molecule has 7 heteroatoms. The molecule has 0 spiro atoms. The number of hydrogen-bond donors (Lipinski definition) is 2. The van der Waals surface area contributed by atoms with Crippen LogP contribution in [0.1, 0.15) is 11.1 Å². The van der Waals surface area contributed by atoms with E-state index in [4.69, 9.17) is 10.0 Å². The van der Waals surface area contributed by atoms with Gasteiger partial charge in [-0.05, 0) is 19.3 Å². The Morgan fingerprint density at radius 2 is 1.75 bits per heavy atom. The first kappa shape index (κ1) is 14.8. The maximum Gasteiger partial charge on any atom is 0.488 e. The van der Waals surface area contributed by atoms with Crippen LogP contribution in [-0.4, -0.2) is 32.6 Å². The third kappa shape index (κ3) is 5.64. The molecule has 0 aliphatic carbocycles. The van der Waals surface area contributed by atoms with Crippen molar-refractivity contribution in [1.29, 1.82) is 0 Å². The van der Waals surface area contributed by atoms with Crippen molar-refractivity contribution >= 4 is 23.1 Å². The van der Waals surface area contributed by atoms with Gasteiger partial charge in [0, 0.05) is 7.05 Å². The largest absolute Gasteiger partial charge is 0.488 e. The lowest BCUT2D eigenvalue weighted by atomic mass is 9.77. The molecule has 1 aromatic carbocycles. The Hall–Kier alpha value is -1.18. The summed E-state index contributed by atoms with van der Waals surface area (Å²) < 4.78 is 21.2. The summed E-state index contributed by atoms with van der Waals surface area (Å²) in [4.78, 5) is 0. The van der Waals surface area contributed by atoms with Gasteiger partial charge < -0.3 is 10.0 Å². The molecule has 5 nitrogen and oxygen atoms in total. The molecule has 0 amide bonds. The zero-order valence-corrected chi connectivity index (χ0v) is 10.2. The minimum Gasteiger partial charge on any atom is -0.423 e. The lowest BCUT2D eigenvalue weighted by Gasteiger charge is -2.04. The van der Waals surface area contributed by atoms with Gasteiger partial charge in [0.2, 0.25) is 0 Å². The van der Waals surface area contributed by atoms with Crippen LogP contribution in [-0.2, 0) is 10.5 Å². The fourth-order valence-electron chi connectivity index (χ4n) is 1.04. The minimum atomic E-state index is -2.20. The molecule has 0 bridgehead atoms. The molecular formula is C9H14BNO4S. The van der Waals surface area contributed by atoms with Crippen LogP contribution in [0.3, 0.4) is 0 Å². The van der Waals surface area contributed by atoms with E-state index in [0.717, 1.165) is 11.1 Å². The number of rotatable bonds is 1. The second-order valence-corrected chi connectivity index (χ2v) is 3.93. The van der Waals surface area contributed by atoms with E-state index < -0.39 is 17.6 Å². The third-order valence-corrected chi connectivity index (χ3v) is 2.16. The van der Waals surface area contributed by atoms with E-state index in [1.165, 1.54) is 7.05 Å². The van der Waals surface area contributed by atoms with Crippen LogP contribution in [0.5, 0.6) is 0 Å². The molecule has 2 N–H and O–H groups in total. The SMILES string of the molecule is CN=S(=O)=O.Cc1ccc(C)c(B(O)O)c1. The molecule has 88 valence electrons. The maximum atomic E-state index is 9.20. The first-order chi connectivity index (χ1) is 7.38. The van der Waals surface area contributed by atoms with Gasteiger partial charge in [0.1, 0.15) is 0 Å². The molecule has 1 aromatic rings. The third-order valence-electron chi connectivity index (χ3n) is 1.86. The fraction of sp³-hybridized carbons (Fsp3) is 0.333. The molecule has 0 aliphatic rings. The van der Waals surface area contributed by atoms with E-state index in [1.807, 2.05) is 26.0 Å². The summed E-state index contributed by atoms with van der Waals surface area (Å²) in [6, 6.07) is 5.60. The Labute approximate surface area is 96.6 Å². The van der Waals surface area contributed by atoms with Gasteiger partial charge in [-0.3, -0.25) is 0 Å². The Kier molecular flexibility index (Phi) is 6.63. The highest BCUT2D eigenvalue weighted by Crippen LogP contribution is 1.99. The van der Waals surface area contributed by atoms with E-state index in [9.17, 15) is 8.42 Å². The highest BCUT2D eigenvalue weighted by atomic mass is 32.2. The number of nitrogens with zero attached hydrogens (tertiary/aromatic N) is 1. The van der Waals surface area contributed by atoms with Crippen molar-refractivity contribution in [2.45, 2.75) is 13.8 Å². The molecule has 0 fully saturated rings. The van der Waals surface area contributed by atoms with Crippen LogP contribution in [0, 0.1) is 13.8 Å². The first-order valence-electron chi connectivity index (χ1n) is 4.51. The first-order valence-corrected chi connectivity index (χ1v) is 5.54. The smallest absolute Gasteiger partial charge is 0.423 e. The van der Waals surface area contributed by atoms with Crippen molar-refractivity contribution in [3.63, 3.8) is 0 Å². The van der Waals surface area contributed by atoms with E-state index in [-0.39, 0.29) is 0 Å². The predicted molar refractivity (Wildman–Crippen MR) is 63.0 cm³/mol. The van der Waals surface area contributed by atoms with Gasteiger partial charge in [0.25, 0.3) is 0 Å². The van der Waals surface area contributed by atoms with E-state index >= 15 is 0 Å². The minimum absolute atomic E-state index is 0.588. The van der Waals surface area contributed by atoms with Crippen LogP contribution in [0.2, 0.25) is 0 Å². The zero-order chi connectivity index (χ0) is 12.7. The average molecular weight is 243 g/mol. The summed E-state index contributed by atoms with van der Waals surface area (Å²) in [7, 11) is -2.34. The average Bonchev–Trinajstić information content (AvgIpc) is 2.22. The van der Waals surface area contributed by atoms with Gasteiger partial charge in [-0.25, -0.2) is 0 Å². The van der Waals surface area contributed by atoms with Crippen molar-refractivity contribution < 1.29 is 18.5 Å². The van der Waals surface area contributed by atoms with Crippen LogP contribution in [0.25, 0.3) is 0 Å². The molecule has 0 atom stereocenters. The van der Waals surface area contributed by atoms with Crippen LogP contribution in [0.4, 0.5) is 0 Å². The van der Waals surface area contributed by atoms with Gasteiger partial charge >= 0.3 is 17.6 Å². The molecule has 16 heavy (non-hydrogen) atoms. The van der Waals surface area contributed by atoms with Gasteiger partial charge in [0.15, 0.2) is 0 Å². The quantitative estimate of drug-likeness (QED) is 0.660. The second-order valence-electron chi connectivity index (χ2n) is 3.13. The zero-order valence-electron chi connectivity index (χ0n) is 9.38. The maximum absolute atomic E-state index is 9.20. The summed E-state index contributed by atoms with van der Waals surface area (Å²) in [6.07, 6.45) is 0. The highest BCUT2D eigenvalue weighted by Gasteiger charge is 2.12. The summed E-state index contributed by atoms with van der Waals surface area (Å²) in [5.41, 5.74) is 2.54. The summed E-state index contributed by atoms with van der Waals surface area (Å²) >= 11 is 0. The van der Waals surface area contributed by atoms with Gasteiger partial charge in [-0.1, -0.05) is 29.3 Å². The van der Waals surface area contributed by atoms with Crippen molar-refractivity contribution in [2.24, 2.45) is 4.36 Å². The molecular weight excluding hydrogens is 229 g/mol. The van der Waals surface area contributed by atoms with Gasteiger partial charge in [-0.15, -0.1) is 0 Å². The molecule has 0 aromatic heterocycles. The molecule has 0 saturated heterocycles. The van der Waals surface area contributed by atoms with E-state index in [2.05, 4.69) is 4.36 Å². The Morgan fingerprint density at radius 3 is 2.06 bits per heavy atom. The van der Waals surface area contributed by atoms with Crippen molar-refractivity contribution in [2.75, 3.05) is 7.05 Å². The predicted octanol–water partition coefficient (Wildman–Crippen LogP) is -0.338. The molecule has 0 unspecified atom stereocenters. The number of benzene rings is 1.